The van der Waals surface area contributed by atoms with Crippen LogP contribution in [0.5, 0.6) is 0 Å². The summed E-state index contributed by atoms with van der Waals surface area (Å²) in [5.41, 5.74) is 1.26. The zero-order valence-electron chi connectivity index (χ0n) is 11.7. The normalized spacial score (nSPS) is 14.8. The van der Waals surface area contributed by atoms with E-state index in [1.165, 1.54) is 0 Å². The van der Waals surface area contributed by atoms with E-state index >= 15 is 0 Å². The lowest BCUT2D eigenvalue weighted by Gasteiger charge is -2.20. The first-order valence-corrected chi connectivity index (χ1v) is 6.31. The van der Waals surface area contributed by atoms with E-state index < -0.39 is 6.10 Å². The highest BCUT2D eigenvalue weighted by Crippen LogP contribution is 2.11. The van der Waals surface area contributed by atoms with Gasteiger partial charge >= 0.3 is 0 Å². The van der Waals surface area contributed by atoms with Gasteiger partial charge in [0, 0.05) is 18.3 Å². The number of H-pyrrole nitrogens is 1. The Kier molecular flexibility index (Phi) is 5.04. The van der Waals surface area contributed by atoms with Gasteiger partial charge < -0.3 is 15.4 Å². The maximum absolute atomic E-state index is 11.9. The van der Waals surface area contributed by atoms with E-state index in [4.69, 9.17) is 0 Å². The summed E-state index contributed by atoms with van der Waals surface area (Å²) >= 11 is 0. The third-order valence-electron chi connectivity index (χ3n) is 3.10. The minimum absolute atomic E-state index is 0.112. The quantitative estimate of drug-likeness (QED) is 0.733. The smallest absolute Gasteiger partial charge is 0.255 e. The fourth-order valence-corrected chi connectivity index (χ4v) is 1.88. The zero-order valence-corrected chi connectivity index (χ0v) is 11.7. The molecular weight excluding hydrogens is 230 g/mol. The fraction of sp³-hybridized carbons (Fsp3) is 0.692. The zero-order chi connectivity index (χ0) is 13.9. The van der Waals surface area contributed by atoms with Gasteiger partial charge in [0.1, 0.15) is 5.82 Å². The van der Waals surface area contributed by atoms with Crippen LogP contribution in [0.25, 0.3) is 0 Å². The Bertz CT molecular complexity index is 454. The first kappa shape index (κ1) is 14.9. The third-order valence-corrected chi connectivity index (χ3v) is 3.10. The van der Waals surface area contributed by atoms with E-state index in [9.17, 15) is 9.90 Å². The molecule has 5 nitrogen and oxygen atoms in total. The van der Waals surface area contributed by atoms with Crippen molar-refractivity contribution in [1.82, 2.24) is 15.3 Å². The number of rotatable bonds is 5. The number of aryl methyl sites for hydroxylation is 2. The summed E-state index contributed by atoms with van der Waals surface area (Å²) in [5, 5.41) is 12.9. The van der Waals surface area contributed by atoms with Gasteiger partial charge in [-0.25, -0.2) is 4.98 Å². The number of hydrogen-bond donors (Lipinski definition) is 3. The fourth-order valence-electron chi connectivity index (χ4n) is 1.88. The van der Waals surface area contributed by atoms with E-state index in [2.05, 4.69) is 15.3 Å². The van der Waals surface area contributed by atoms with Gasteiger partial charge in [-0.3, -0.25) is 4.79 Å². The first-order valence-electron chi connectivity index (χ1n) is 6.31. The molecule has 0 aliphatic heterocycles. The van der Waals surface area contributed by atoms with Crippen LogP contribution in [0.3, 0.4) is 0 Å². The number of aromatic amines is 1. The van der Waals surface area contributed by atoms with E-state index in [0.29, 0.717) is 17.9 Å². The molecule has 0 saturated heterocycles. The topological polar surface area (TPSA) is 78.0 Å². The minimum Gasteiger partial charge on any atom is -0.392 e. The Labute approximate surface area is 108 Å². The summed E-state index contributed by atoms with van der Waals surface area (Å²) in [7, 11) is 0. The molecule has 0 bridgehead atoms. The van der Waals surface area contributed by atoms with Gasteiger partial charge in [-0.15, -0.1) is 0 Å². The van der Waals surface area contributed by atoms with Crippen molar-refractivity contribution in [2.45, 2.75) is 46.8 Å². The van der Waals surface area contributed by atoms with Crippen molar-refractivity contribution >= 4 is 0 Å². The highest BCUT2D eigenvalue weighted by Gasteiger charge is 2.16. The maximum atomic E-state index is 11.9. The SMILES string of the molecule is Cc1nc(C)c(C(C)NCC(O)C(C)C)c(=O)[nH]1. The van der Waals surface area contributed by atoms with Crippen LogP contribution >= 0.6 is 0 Å². The Hall–Kier alpha value is -1.20. The average Bonchev–Trinajstić information content (AvgIpc) is 2.24. The Morgan fingerprint density at radius 2 is 1.94 bits per heavy atom. The van der Waals surface area contributed by atoms with Crippen molar-refractivity contribution in [3.63, 3.8) is 0 Å². The van der Waals surface area contributed by atoms with Crippen LogP contribution in [-0.4, -0.2) is 27.7 Å². The molecule has 1 aromatic rings. The Morgan fingerprint density at radius 1 is 1.33 bits per heavy atom. The van der Waals surface area contributed by atoms with Crippen molar-refractivity contribution in [2.24, 2.45) is 5.92 Å². The van der Waals surface area contributed by atoms with E-state index in [-0.39, 0.29) is 17.5 Å². The van der Waals surface area contributed by atoms with Crippen LogP contribution in [0.4, 0.5) is 0 Å². The second-order valence-corrected chi connectivity index (χ2v) is 5.09. The highest BCUT2D eigenvalue weighted by atomic mass is 16.3. The molecule has 1 rings (SSSR count). The summed E-state index contributed by atoms with van der Waals surface area (Å²) < 4.78 is 0. The number of nitrogens with zero attached hydrogens (tertiary/aromatic N) is 1. The molecule has 0 aliphatic rings. The summed E-state index contributed by atoms with van der Waals surface area (Å²) in [5.74, 6) is 0.816. The first-order chi connectivity index (χ1) is 8.32. The van der Waals surface area contributed by atoms with Crippen molar-refractivity contribution in [2.75, 3.05) is 6.54 Å². The predicted octanol–water partition coefficient (Wildman–Crippen LogP) is 1.05. The molecule has 0 saturated carbocycles. The molecule has 0 spiro atoms. The van der Waals surface area contributed by atoms with Crippen molar-refractivity contribution < 1.29 is 5.11 Å². The molecule has 1 heterocycles. The average molecular weight is 253 g/mol. The van der Waals surface area contributed by atoms with Gasteiger partial charge in [0.15, 0.2) is 0 Å². The maximum Gasteiger partial charge on any atom is 0.255 e. The van der Waals surface area contributed by atoms with Gasteiger partial charge in [0.05, 0.1) is 11.7 Å². The van der Waals surface area contributed by atoms with Gasteiger partial charge in [0.2, 0.25) is 0 Å². The largest absolute Gasteiger partial charge is 0.392 e. The number of aliphatic hydroxyl groups excluding tert-OH is 1. The number of aliphatic hydroxyl groups is 1. The second kappa shape index (κ2) is 6.11. The molecular formula is C13H23N3O2. The van der Waals surface area contributed by atoms with Crippen LogP contribution in [0.1, 0.15) is 43.9 Å². The predicted molar refractivity (Wildman–Crippen MR) is 71.6 cm³/mol. The molecule has 0 amide bonds. The molecule has 102 valence electrons. The van der Waals surface area contributed by atoms with Crippen molar-refractivity contribution in [3.05, 3.63) is 27.4 Å². The van der Waals surface area contributed by atoms with E-state index in [1.54, 1.807) is 6.92 Å². The number of hydrogen-bond acceptors (Lipinski definition) is 4. The minimum atomic E-state index is -0.412. The molecule has 5 heteroatoms. The molecule has 2 atom stereocenters. The van der Waals surface area contributed by atoms with Gasteiger partial charge in [-0.2, -0.15) is 0 Å². The Morgan fingerprint density at radius 3 is 2.44 bits per heavy atom. The van der Waals surface area contributed by atoms with Crippen molar-refractivity contribution in [1.29, 1.82) is 0 Å². The molecule has 0 radical (unpaired) electrons. The number of nitrogens with one attached hydrogen (secondary N) is 2. The monoisotopic (exact) mass is 253 g/mol. The van der Waals surface area contributed by atoms with Gasteiger partial charge in [-0.1, -0.05) is 13.8 Å². The molecule has 2 unspecified atom stereocenters. The summed E-state index contributed by atoms with van der Waals surface area (Å²) in [4.78, 5) is 18.8. The van der Waals surface area contributed by atoms with E-state index in [0.717, 1.165) is 5.69 Å². The van der Waals surface area contributed by atoms with Crippen molar-refractivity contribution in [3.8, 4) is 0 Å². The van der Waals surface area contributed by atoms with Crippen LogP contribution in [-0.2, 0) is 0 Å². The van der Waals surface area contributed by atoms with Crippen LogP contribution in [0.15, 0.2) is 4.79 Å². The molecule has 0 aliphatic carbocycles. The lowest BCUT2D eigenvalue weighted by Crippen LogP contribution is -2.35. The summed E-state index contributed by atoms with van der Waals surface area (Å²) in [6.07, 6.45) is -0.412. The lowest BCUT2D eigenvalue weighted by atomic mass is 10.1. The van der Waals surface area contributed by atoms with Crippen LogP contribution in [0.2, 0.25) is 0 Å². The highest BCUT2D eigenvalue weighted by molar-refractivity contribution is 5.19. The van der Waals surface area contributed by atoms with Crippen LogP contribution < -0.4 is 10.9 Å². The molecule has 1 aromatic heterocycles. The van der Waals surface area contributed by atoms with Gasteiger partial charge in [-0.05, 0) is 26.7 Å². The summed E-state index contributed by atoms with van der Waals surface area (Å²) in [6.45, 7) is 9.88. The summed E-state index contributed by atoms with van der Waals surface area (Å²) in [6, 6.07) is -0.129. The number of aromatic nitrogens is 2. The van der Waals surface area contributed by atoms with Crippen LogP contribution in [0, 0.1) is 19.8 Å². The van der Waals surface area contributed by atoms with E-state index in [1.807, 2.05) is 27.7 Å². The lowest BCUT2D eigenvalue weighted by molar-refractivity contribution is 0.120. The second-order valence-electron chi connectivity index (χ2n) is 5.09. The molecule has 0 fully saturated rings. The molecule has 18 heavy (non-hydrogen) atoms. The molecule has 0 aromatic carbocycles. The van der Waals surface area contributed by atoms with Gasteiger partial charge in [0.25, 0.3) is 5.56 Å². The molecule has 3 N–H and O–H groups in total. The Balaban J connectivity index is 2.79. The standard InChI is InChI=1S/C13H23N3O2/c1-7(2)11(17)6-14-8(3)12-9(4)15-10(5)16-13(12)18/h7-8,11,14,17H,6H2,1-5H3,(H,15,16,18). The third kappa shape index (κ3) is 3.65.